The average Bonchev–Trinajstić information content (AvgIpc) is 2.70. The van der Waals surface area contributed by atoms with E-state index in [9.17, 15) is 9.90 Å². The van der Waals surface area contributed by atoms with Crippen molar-refractivity contribution in [3.8, 4) is 11.1 Å². The Morgan fingerprint density at radius 3 is 2.50 bits per heavy atom. The summed E-state index contributed by atoms with van der Waals surface area (Å²) < 4.78 is 0. The molecule has 0 saturated carbocycles. The van der Waals surface area contributed by atoms with Gasteiger partial charge < -0.3 is 5.11 Å². The number of amides is 1. The normalized spacial score (nSPS) is 11.1. The smallest absolute Gasteiger partial charge is 0.414 e. The van der Waals surface area contributed by atoms with Crippen molar-refractivity contribution in [1.29, 1.82) is 0 Å². The molecular formula is C22H26N4O2. The Labute approximate surface area is 165 Å². The molecule has 1 amide bonds. The highest BCUT2D eigenvalue weighted by molar-refractivity contribution is 5.89. The van der Waals surface area contributed by atoms with Crippen LogP contribution >= 0.6 is 0 Å². The lowest BCUT2D eigenvalue weighted by Crippen LogP contribution is -2.32. The molecule has 0 aliphatic heterocycles. The first-order valence-corrected chi connectivity index (χ1v) is 9.71. The Morgan fingerprint density at radius 2 is 1.86 bits per heavy atom. The number of aromatic nitrogens is 3. The molecule has 3 aromatic rings. The fraction of sp³-hybridized carbons (Fsp3) is 0.364. The van der Waals surface area contributed by atoms with E-state index in [0.29, 0.717) is 18.9 Å². The van der Waals surface area contributed by atoms with Crippen LogP contribution in [0.25, 0.3) is 22.0 Å². The van der Waals surface area contributed by atoms with E-state index in [1.54, 1.807) is 12.4 Å². The molecule has 2 aromatic heterocycles. The molecule has 0 saturated heterocycles. The second-order valence-electron chi connectivity index (χ2n) is 7.26. The van der Waals surface area contributed by atoms with Gasteiger partial charge in [0, 0.05) is 24.3 Å². The van der Waals surface area contributed by atoms with Crippen LogP contribution < -0.4 is 4.90 Å². The third-order valence-electron chi connectivity index (χ3n) is 4.75. The lowest BCUT2D eigenvalue weighted by molar-refractivity contribution is 0.201. The van der Waals surface area contributed by atoms with Crippen molar-refractivity contribution in [3.05, 3.63) is 48.4 Å². The van der Waals surface area contributed by atoms with Crippen LogP contribution in [0, 0.1) is 5.92 Å². The summed E-state index contributed by atoms with van der Waals surface area (Å²) in [5.74, 6) is 0.795. The minimum absolute atomic E-state index is 0.261. The van der Waals surface area contributed by atoms with Gasteiger partial charge in [-0.25, -0.2) is 19.7 Å². The molecule has 2 heterocycles. The second kappa shape index (κ2) is 8.78. The molecular weight excluding hydrogens is 352 g/mol. The van der Waals surface area contributed by atoms with Crippen LogP contribution in [-0.2, 0) is 6.42 Å². The maximum atomic E-state index is 11.8. The van der Waals surface area contributed by atoms with E-state index in [1.165, 1.54) is 4.90 Å². The lowest BCUT2D eigenvalue weighted by Gasteiger charge is -2.19. The highest BCUT2D eigenvalue weighted by Crippen LogP contribution is 2.27. The Hall–Kier alpha value is -3.02. The summed E-state index contributed by atoms with van der Waals surface area (Å²) in [6.07, 6.45) is 4.97. The van der Waals surface area contributed by atoms with Crippen molar-refractivity contribution >= 4 is 22.9 Å². The largest absolute Gasteiger partial charge is 0.465 e. The number of rotatable bonds is 7. The average molecular weight is 378 g/mol. The molecule has 0 bridgehead atoms. The standard InChI is InChI=1S/C22H26N4O2/c1-4-19-18-14-17(16-9-11-23-12-10-16)7-8-20(18)25-21(24-19)26(22(27)28)13-5-6-15(2)3/h7-12,14-15H,4-6,13H2,1-3H3,(H,27,28). The Kier molecular flexibility index (Phi) is 6.19. The molecule has 1 N–H and O–H groups in total. The predicted octanol–water partition coefficient (Wildman–Crippen LogP) is 5.17. The predicted molar refractivity (Wildman–Crippen MR) is 112 cm³/mol. The summed E-state index contributed by atoms with van der Waals surface area (Å²) in [4.78, 5) is 26.3. The van der Waals surface area contributed by atoms with Crippen LogP contribution in [0.15, 0.2) is 42.7 Å². The van der Waals surface area contributed by atoms with Gasteiger partial charge in [-0.15, -0.1) is 0 Å². The van der Waals surface area contributed by atoms with Gasteiger partial charge in [0.05, 0.1) is 11.2 Å². The second-order valence-corrected chi connectivity index (χ2v) is 7.26. The minimum Gasteiger partial charge on any atom is -0.465 e. The topological polar surface area (TPSA) is 79.2 Å². The molecule has 0 atom stereocenters. The van der Waals surface area contributed by atoms with Crippen LogP contribution in [0.1, 0.15) is 39.3 Å². The number of benzene rings is 1. The van der Waals surface area contributed by atoms with E-state index in [1.807, 2.05) is 31.2 Å². The number of aryl methyl sites for hydroxylation is 1. The fourth-order valence-corrected chi connectivity index (χ4v) is 3.23. The van der Waals surface area contributed by atoms with Crippen LogP contribution in [0.5, 0.6) is 0 Å². The molecule has 0 fully saturated rings. The summed E-state index contributed by atoms with van der Waals surface area (Å²) in [7, 11) is 0. The maximum absolute atomic E-state index is 11.8. The van der Waals surface area contributed by atoms with E-state index >= 15 is 0 Å². The van der Waals surface area contributed by atoms with Gasteiger partial charge in [-0.2, -0.15) is 0 Å². The third-order valence-corrected chi connectivity index (χ3v) is 4.75. The van der Waals surface area contributed by atoms with Crippen molar-refractivity contribution in [2.24, 2.45) is 5.92 Å². The quantitative estimate of drug-likeness (QED) is 0.613. The Bertz CT molecular complexity index is 957. The molecule has 1 aromatic carbocycles. The van der Waals surface area contributed by atoms with Crippen molar-refractivity contribution in [3.63, 3.8) is 0 Å². The molecule has 3 rings (SSSR count). The van der Waals surface area contributed by atoms with Gasteiger partial charge in [-0.05, 0) is 60.6 Å². The van der Waals surface area contributed by atoms with Gasteiger partial charge >= 0.3 is 6.09 Å². The van der Waals surface area contributed by atoms with E-state index in [2.05, 4.69) is 34.9 Å². The minimum atomic E-state index is -1.02. The van der Waals surface area contributed by atoms with Crippen molar-refractivity contribution in [2.45, 2.75) is 40.0 Å². The van der Waals surface area contributed by atoms with Crippen molar-refractivity contribution < 1.29 is 9.90 Å². The van der Waals surface area contributed by atoms with Gasteiger partial charge in [-0.3, -0.25) is 4.98 Å². The highest BCUT2D eigenvalue weighted by atomic mass is 16.4. The Morgan fingerprint density at radius 1 is 1.11 bits per heavy atom. The van der Waals surface area contributed by atoms with Gasteiger partial charge in [0.2, 0.25) is 5.95 Å². The monoisotopic (exact) mass is 378 g/mol. The van der Waals surface area contributed by atoms with Crippen LogP contribution in [-0.4, -0.2) is 32.7 Å². The van der Waals surface area contributed by atoms with E-state index in [0.717, 1.165) is 40.6 Å². The number of hydrogen-bond donors (Lipinski definition) is 1. The first kappa shape index (κ1) is 19.7. The number of nitrogens with zero attached hydrogens (tertiary/aromatic N) is 4. The maximum Gasteiger partial charge on any atom is 0.414 e. The van der Waals surface area contributed by atoms with E-state index < -0.39 is 6.09 Å². The number of pyridine rings is 1. The molecule has 0 unspecified atom stereocenters. The third kappa shape index (κ3) is 4.44. The number of carboxylic acid groups (broad SMARTS) is 1. The van der Waals surface area contributed by atoms with Gasteiger partial charge in [0.25, 0.3) is 0 Å². The van der Waals surface area contributed by atoms with Crippen LogP contribution in [0.2, 0.25) is 0 Å². The summed E-state index contributed by atoms with van der Waals surface area (Å²) in [6, 6.07) is 9.92. The van der Waals surface area contributed by atoms with Gasteiger partial charge in [-0.1, -0.05) is 26.8 Å². The number of hydrogen-bond acceptors (Lipinski definition) is 4. The molecule has 0 aliphatic carbocycles. The van der Waals surface area contributed by atoms with Gasteiger partial charge in [0.1, 0.15) is 0 Å². The zero-order valence-corrected chi connectivity index (χ0v) is 16.6. The van der Waals surface area contributed by atoms with Crippen LogP contribution in [0.4, 0.5) is 10.7 Å². The lowest BCUT2D eigenvalue weighted by atomic mass is 10.0. The summed E-state index contributed by atoms with van der Waals surface area (Å²) >= 11 is 0. The molecule has 0 radical (unpaired) electrons. The molecule has 0 aliphatic rings. The van der Waals surface area contributed by atoms with Crippen molar-refractivity contribution in [1.82, 2.24) is 15.0 Å². The molecule has 6 heteroatoms. The first-order chi connectivity index (χ1) is 13.5. The summed E-state index contributed by atoms with van der Waals surface area (Å²) in [5, 5.41) is 10.6. The number of anilines is 1. The molecule has 0 spiro atoms. The number of carbonyl (C=O) groups is 1. The molecule has 6 nitrogen and oxygen atoms in total. The SMILES string of the molecule is CCc1nc(N(CCCC(C)C)C(=O)O)nc2ccc(-c3ccncc3)cc12. The molecule has 146 valence electrons. The number of fused-ring (bicyclic) bond motifs is 1. The van der Waals surface area contributed by atoms with Crippen LogP contribution in [0.3, 0.4) is 0 Å². The molecule has 28 heavy (non-hydrogen) atoms. The zero-order chi connectivity index (χ0) is 20.1. The van der Waals surface area contributed by atoms with E-state index in [4.69, 9.17) is 0 Å². The zero-order valence-electron chi connectivity index (χ0n) is 16.6. The Balaban J connectivity index is 1.99. The fourth-order valence-electron chi connectivity index (χ4n) is 3.23. The highest BCUT2D eigenvalue weighted by Gasteiger charge is 2.19. The summed E-state index contributed by atoms with van der Waals surface area (Å²) in [5.41, 5.74) is 3.75. The van der Waals surface area contributed by atoms with E-state index in [-0.39, 0.29) is 5.95 Å². The first-order valence-electron chi connectivity index (χ1n) is 9.71. The van der Waals surface area contributed by atoms with Gasteiger partial charge in [0.15, 0.2) is 0 Å². The van der Waals surface area contributed by atoms with Crippen molar-refractivity contribution in [2.75, 3.05) is 11.4 Å². The summed E-state index contributed by atoms with van der Waals surface area (Å²) in [6.45, 7) is 6.69.